The Bertz CT molecular complexity index is 170. The zero-order chi connectivity index (χ0) is 13.0. The van der Waals surface area contributed by atoms with Crippen LogP contribution in [0.5, 0.6) is 0 Å². The van der Waals surface area contributed by atoms with Crippen molar-refractivity contribution >= 4 is 11.9 Å². The topological polar surface area (TPSA) is 147 Å². The fraction of sp³-hybridized carbons (Fsp3) is 0.750. The molecule has 0 saturated heterocycles. The number of carboxylic acids is 2. The van der Waals surface area contributed by atoms with Gasteiger partial charge >= 0.3 is 5.97 Å². The van der Waals surface area contributed by atoms with E-state index in [2.05, 4.69) is 5.90 Å². The van der Waals surface area contributed by atoms with Gasteiger partial charge in [-0.2, -0.15) is 0 Å². The molecule has 0 bridgehead atoms. The fourth-order valence-corrected chi connectivity index (χ4v) is 0.497. The average molecular weight is 224 g/mol. The average Bonchev–Trinajstić information content (AvgIpc) is 2.17. The van der Waals surface area contributed by atoms with E-state index in [0.29, 0.717) is 0 Å². The molecule has 0 amide bonds. The van der Waals surface area contributed by atoms with Crippen LogP contribution in [0.3, 0.4) is 0 Å². The van der Waals surface area contributed by atoms with Crippen LogP contribution >= 0.6 is 0 Å². The second kappa shape index (κ2) is 12.8. The van der Waals surface area contributed by atoms with Crippen LogP contribution < -0.4 is 11.6 Å². The quantitative estimate of drug-likeness (QED) is 0.419. The Morgan fingerprint density at radius 3 is 1.60 bits per heavy atom. The van der Waals surface area contributed by atoms with Crippen molar-refractivity contribution in [2.24, 2.45) is 17.5 Å². The first kappa shape index (κ1) is 19.4. The van der Waals surface area contributed by atoms with Crippen LogP contribution in [0.25, 0.3) is 0 Å². The molecule has 0 rings (SSSR count). The van der Waals surface area contributed by atoms with Crippen molar-refractivity contribution in [3.8, 4) is 0 Å². The summed E-state index contributed by atoms with van der Waals surface area (Å²) in [6.45, 7) is 4.84. The van der Waals surface area contributed by atoms with Crippen LogP contribution in [0.15, 0.2) is 0 Å². The van der Waals surface area contributed by atoms with Crippen molar-refractivity contribution in [3.05, 3.63) is 0 Å². The largest absolute Gasteiger partial charge is 0.481 e. The third-order valence-corrected chi connectivity index (χ3v) is 1.54. The molecule has 0 aromatic rings. The standard InChI is InChI=1S/C6H13NO2.C2H4O2.H3NO/c1-3-4(2)5(7)6(8)9;1-2(3)4;1-2/h4-5H,3,7H2,1-2H3,(H,8,9);1H3,(H,3,4);2H,1H2. The highest BCUT2D eigenvalue weighted by Gasteiger charge is 2.17. The highest BCUT2D eigenvalue weighted by atomic mass is 16.4. The van der Waals surface area contributed by atoms with Gasteiger partial charge in [-0.05, 0) is 5.92 Å². The van der Waals surface area contributed by atoms with Crippen LogP contribution in [0.1, 0.15) is 27.2 Å². The van der Waals surface area contributed by atoms with E-state index >= 15 is 0 Å². The Morgan fingerprint density at radius 2 is 1.53 bits per heavy atom. The van der Waals surface area contributed by atoms with Crippen molar-refractivity contribution in [3.63, 3.8) is 0 Å². The molecule has 92 valence electrons. The zero-order valence-electron chi connectivity index (χ0n) is 9.17. The Morgan fingerprint density at radius 1 is 1.27 bits per heavy atom. The third-order valence-electron chi connectivity index (χ3n) is 1.54. The molecular formula is C8H20N2O5. The first-order valence-corrected chi connectivity index (χ1v) is 4.26. The Kier molecular flexibility index (Phi) is 16.6. The summed E-state index contributed by atoms with van der Waals surface area (Å²) in [5.74, 6) is 1.83. The molecule has 0 heterocycles. The predicted molar refractivity (Wildman–Crippen MR) is 54.3 cm³/mol. The van der Waals surface area contributed by atoms with Crippen LogP contribution in [0.2, 0.25) is 0 Å². The second-order valence-electron chi connectivity index (χ2n) is 2.77. The number of hydrogen-bond donors (Lipinski definition) is 5. The summed E-state index contributed by atoms with van der Waals surface area (Å²) in [5.41, 5.74) is 5.27. The lowest BCUT2D eigenvalue weighted by atomic mass is 10.0. The highest BCUT2D eigenvalue weighted by molar-refractivity contribution is 5.73. The molecule has 7 N–H and O–H groups in total. The van der Waals surface area contributed by atoms with Gasteiger partial charge in [0.2, 0.25) is 0 Å². The summed E-state index contributed by atoms with van der Waals surface area (Å²) >= 11 is 0. The van der Waals surface area contributed by atoms with Gasteiger partial charge in [-0.1, -0.05) is 20.3 Å². The lowest BCUT2D eigenvalue weighted by molar-refractivity contribution is -0.139. The molecule has 0 aromatic carbocycles. The molecule has 0 radical (unpaired) electrons. The fourth-order valence-electron chi connectivity index (χ4n) is 0.497. The maximum Gasteiger partial charge on any atom is 0.320 e. The van der Waals surface area contributed by atoms with Crippen LogP contribution in [-0.2, 0) is 9.59 Å². The van der Waals surface area contributed by atoms with E-state index in [9.17, 15) is 4.79 Å². The third kappa shape index (κ3) is 19.3. The van der Waals surface area contributed by atoms with Crippen LogP contribution in [0, 0.1) is 5.92 Å². The van der Waals surface area contributed by atoms with Crippen molar-refractivity contribution in [2.75, 3.05) is 0 Å². The molecule has 7 heteroatoms. The summed E-state index contributed by atoms with van der Waals surface area (Å²) in [7, 11) is 0. The van der Waals surface area contributed by atoms with E-state index in [1.807, 2.05) is 13.8 Å². The minimum Gasteiger partial charge on any atom is -0.481 e. The van der Waals surface area contributed by atoms with E-state index in [1.165, 1.54) is 0 Å². The first-order valence-electron chi connectivity index (χ1n) is 4.26. The van der Waals surface area contributed by atoms with E-state index in [-0.39, 0.29) is 5.92 Å². The molecule has 0 aliphatic carbocycles. The van der Waals surface area contributed by atoms with Crippen LogP contribution in [0.4, 0.5) is 0 Å². The SMILES string of the molecule is CC(=O)O.CCC(C)C(N)C(=O)O.NO. The molecule has 2 unspecified atom stereocenters. The minimum atomic E-state index is -0.913. The summed E-state index contributed by atoms with van der Waals surface area (Å²) < 4.78 is 0. The summed E-state index contributed by atoms with van der Waals surface area (Å²) in [6.07, 6.45) is 0.813. The minimum absolute atomic E-state index is 0.0718. The van der Waals surface area contributed by atoms with Gasteiger partial charge in [0.05, 0.1) is 0 Å². The number of carbonyl (C=O) groups is 2. The number of rotatable bonds is 3. The molecule has 0 spiro atoms. The molecule has 0 aromatic heterocycles. The lowest BCUT2D eigenvalue weighted by Gasteiger charge is -2.11. The number of nitrogens with two attached hydrogens (primary N) is 2. The van der Waals surface area contributed by atoms with Gasteiger partial charge in [-0.3, -0.25) is 9.59 Å². The zero-order valence-corrected chi connectivity index (χ0v) is 9.17. The summed E-state index contributed by atoms with van der Waals surface area (Å²) in [5, 5.41) is 22.3. The molecule has 0 fully saturated rings. The normalized spacial score (nSPS) is 12.1. The van der Waals surface area contributed by atoms with Gasteiger partial charge in [0.25, 0.3) is 5.97 Å². The van der Waals surface area contributed by atoms with Crippen molar-refractivity contribution in [1.29, 1.82) is 0 Å². The predicted octanol–water partition coefficient (Wildman–Crippen LogP) is -0.130. The smallest absolute Gasteiger partial charge is 0.320 e. The highest BCUT2D eigenvalue weighted by Crippen LogP contribution is 2.04. The molecule has 2 atom stereocenters. The van der Waals surface area contributed by atoms with E-state index in [1.54, 1.807) is 0 Å². The van der Waals surface area contributed by atoms with E-state index in [4.69, 9.17) is 25.9 Å². The maximum absolute atomic E-state index is 10.2. The van der Waals surface area contributed by atoms with Gasteiger partial charge in [-0.25, -0.2) is 5.90 Å². The monoisotopic (exact) mass is 224 g/mol. The molecule has 0 aliphatic heterocycles. The van der Waals surface area contributed by atoms with Gasteiger partial charge in [0.1, 0.15) is 6.04 Å². The van der Waals surface area contributed by atoms with E-state index in [0.717, 1.165) is 13.3 Å². The Labute approximate surface area is 88.6 Å². The number of aliphatic carboxylic acids is 2. The number of carboxylic acid groups (broad SMARTS) is 2. The van der Waals surface area contributed by atoms with Crippen LogP contribution in [-0.4, -0.2) is 33.4 Å². The second-order valence-corrected chi connectivity index (χ2v) is 2.77. The van der Waals surface area contributed by atoms with Crippen molar-refractivity contribution in [2.45, 2.75) is 33.2 Å². The summed E-state index contributed by atoms with van der Waals surface area (Å²) in [6, 6.07) is -0.699. The van der Waals surface area contributed by atoms with Crippen molar-refractivity contribution < 1.29 is 25.0 Å². The molecule has 7 nitrogen and oxygen atoms in total. The molecule has 0 aliphatic rings. The Balaban J connectivity index is -0.000000202. The van der Waals surface area contributed by atoms with Gasteiger partial charge in [0.15, 0.2) is 0 Å². The molecule has 15 heavy (non-hydrogen) atoms. The van der Waals surface area contributed by atoms with Gasteiger partial charge < -0.3 is 21.2 Å². The number of hydrogen-bond acceptors (Lipinski definition) is 5. The van der Waals surface area contributed by atoms with Crippen molar-refractivity contribution in [1.82, 2.24) is 0 Å². The van der Waals surface area contributed by atoms with Gasteiger partial charge in [0, 0.05) is 6.92 Å². The Hall–Kier alpha value is -1.18. The van der Waals surface area contributed by atoms with Gasteiger partial charge in [-0.15, -0.1) is 0 Å². The lowest BCUT2D eigenvalue weighted by Crippen LogP contribution is -2.36. The maximum atomic E-state index is 10.2. The first-order chi connectivity index (χ1) is 6.82. The molecular weight excluding hydrogens is 204 g/mol. The van der Waals surface area contributed by atoms with E-state index < -0.39 is 18.0 Å². The molecule has 0 saturated carbocycles. The summed E-state index contributed by atoms with van der Waals surface area (Å²) in [4.78, 5) is 19.2.